The van der Waals surface area contributed by atoms with Crippen LogP contribution in [0.25, 0.3) is 16.7 Å². The first-order valence-corrected chi connectivity index (χ1v) is 6.72. The van der Waals surface area contributed by atoms with E-state index >= 15 is 0 Å². The van der Waals surface area contributed by atoms with E-state index < -0.39 is 0 Å². The van der Waals surface area contributed by atoms with Crippen molar-refractivity contribution < 1.29 is 4.79 Å². The van der Waals surface area contributed by atoms with E-state index in [2.05, 4.69) is 10.1 Å². The largest absolute Gasteiger partial charge is 0.294 e. The van der Waals surface area contributed by atoms with Gasteiger partial charge in [0.15, 0.2) is 11.4 Å². The first-order valence-electron chi connectivity index (χ1n) is 6.72. The molecule has 0 saturated carbocycles. The van der Waals surface area contributed by atoms with Crippen LogP contribution in [0.5, 0.6) is 0 Å². The van der Waals surface area contributed by atoms with Crippen LogP contribution >= 0.6 is 0 Å². The van der Waals surface area contributed by atoms with E-state index in [4.69, 9.17) is 0 Å². The molecule has 0 N–H and O–H groups in total. The summed E-state index contributed by atoms with van der Waals surface area (Å²) in [6, 6.07) is 11.9. The van der Waals surface area contributed by atoms with E-state index in [1.165, 1.54) is 0 Å². The molecule has 0 unspecified atom stereocenters. The fraction of sp³-hybridized carbons (Fsp3) is 0.188. The zero-order chi connectivity index (χ0) is 13.7. The highest BCUT2D eigenvalue weighted by atomic mass is 16.1. The summed E-state index contributed by atoms with van der Waals surface area (Å²) in [5.74, 6) is 0.196. The topological polar surface area (TPSA) is 47.8 Å². The van der Waals surface area contributed by atoms with Crippen LogP contribution in [0.1, 0.15) is 28.2 Å². The molecule has 0 amide bonds. The minimum Gasteiger partial charge on any atom is -0.294 e. The SMILES string of the molecule is Cc1nn(-c2ccccc2)c2nc3c(cc12)C(=O)CC3. The van der Waals surface area contributed by atoms with Crippen LogP contribution in [-0.2, 0) is 6.42 Å². The highest BCUT2D eigenvalue weighted by Crippen LogP contribution is 2.27. The van der Waals surface area contributed by atoms with Crippen molar-refractivity contribution in [2.45, 2.75) is 19.8 Å². The molecular formula is C16H13N3O. The van der Waals surface area contributed by atoms with Crippen molar-refractivity contribution >= 4 is 16.8 Å². The summed E-state index contributed by atoms with van der Waals surface area (Å²) in [6.07, 6.45) is 1.32. The summed E-state index contributed by atoms with van der Waals surface area (Å²) in [7, 11) is 0. The Balaban J connectivity index is 2.03. The average molecular weight is 263 g/mol. The number of aryl methyl sites for hydroxylation is 2. The average Bonchev–Trinajstić information content (AvgIpc) is 3.00. The normalized spacial score (nSPS) is 13.9. The number of pyridine rings is 1. The number of rotatable bonds is 1. The van der Waals surface area contributed by atoms with Crippen molar-refractivity contribution in [1.82, 2.24) is 14.8 Å². The minimum atomic E-state index is 0.196. The van der Waals surface area contributed by atoms with Crippen LogP contribution in [0.3, 0.4) is 0 Å². The Kier molecular flexibility index (Phi) is 2.27. The lowest BCUT2D eigenvalue weighted by Gasteiger charge is -2.03. The molecule has 2 aromatic heterocycles. The van der Waals surface area contributed by atoms with Crippen molar-refractivity contribution in [3.8, 4) is 5.69 Å². The Bertz CT molecular complexity index is 834. The molecule has 0 atom stereocenters. The number of nitrogens with zero attached hydrogens (tertiary/aromatic N) is 3. The van der Waals surface area contributed by atoms with Gasteiger partial charge in [0.1, 0.15) is 0 Å². The van der Waals surface area contributed by atoms with Crippen molar-refractivity contribution in [1.29, 1.82) is 0 Å². The van der Waals surface area contributed by atoms with Gasteiger partial charge in [0, 0.05) is 17.4 Å². The second-order valence-corrected chi connectivity index (χ2v) is 5.11. The number of ketones is 1. The lowest BCUT2D eigenvalue weighted by atomic mass is 10.1. The molecule has 0 fully saturated rings. The molecule has 0 bridgehead atoms. The lowest BCUT2D eigenvalue weighted by molar-refractivity contribution is 0.0994. The van der Waals surface area contributed by atoms with Crippen LogP contribution in [0.4, 0.5) is 0 Å². The molecule has 3 aromatic rings. The van der Waals surface area contributed by atoms with E-state index in [1.54, 1.807) is 0 Å². The number of fused-ring (bicyclic) bond motifs is 2. The zero-order valence-electron chi connectivity index (χ0n) is 11.1. The fourth-order valence-electron chi connectivity index (χ4n) is 2.77. The third-order valence-electron chi connectivity index (χ3n) is 3.81. The maximum Gasteiger partial charge on any atom is 0.165 e. The number of benzene rings is 1. The van der Waals surface area contributed by atoms with Crippen LogP contribution in [0.15, 0.2) is 36.4 Å². The maximum atomic E-state index is 11.8. The predicted molar refractivity (Wildman–Crippen MR) is 76.3 cm³/mol. The molecule has 1 aliphatic rings. The highest BCUT2D eigenvalue weighted by Gasteiger charge is 2.23. The van der Waals surface area contributed by atoms with Crippen molar-refractivity contribution in [3.05, 3.63) is 53.3 Å². The molecule has 0 radical (unpaired) electrons. The van der Waals surface area contributed by atoms with Gasteiger partial charge in [-0.05, 0) is 31.5 Å². The third kappa shape index (κ3) is 1.51. The predicted octanol–water partition coefficient (Wildman–Crippen LogP) is 2.86. The molecule has 4 nitrogen and oxygen atoms in total. The summed E-state index contributed by atoms with van der Waals surface area (Å²) in [5, 5.41) is 5.53. The lowest BCUT2D eigenvalue weighted by Crippen LogP contribution is -1.99. The summed E-state index contributed by atoms with van der Waals surface area (Å²) in [6.45, 7) is 1.95. The standard InChI is InChI=1S/C16H13N3O/c1-10-12-9-13-14(7-8-15(13)20)17-16(12)19(18-10)11-5-3-2-4-6-11/h2-6,9H,7-8H2,1H3. The summed E-state index contributed by atoms with van der Waals surface area (Å²) in [5.41, 5.74) is 4.40. The van der Waals surface area contributed by atoms with E-state index in [1.807, 2.05) is 48.0 Å². The van der Waals surface area contributed by atoms with Crippen LogP contribution in [-0.4, -0.2) is 20.5 Å². The quantitative estimate of drug-likeness (QED) is 0.678. The van der Waals surface area contributed by atoms with Gasteiger partial charge in [-0.2, -0.15) is 5.10 Å². The molecule has 98 valence electrons. The van der Waals surface area contributed by atoms with Gasteiger partial charge in [0.25, 0.3) is 0 Å². The Hall–Kier alpha value is -2.49. The van der Waals surface area contributed by atoms with Gasteiger partial charge in [-0.3, -0.25) is 4.79 Å². The van der Waals surface area contributed by atoms with Gasteiger partial charge in [-0.1, -0.05) is 18.2 Å². The van der Waals surface area contributed by atoms with E-state index in [9.17, 15) is 4.79 Å². The summed E-state index contributed by atoms with van der Waals surface area (Å²) < 4.78 is 1.85. The van der Waals surface area contributed by atoms with Crippen molar-refractivity contribution in [2.75, 3.05) is 0 Å². The molecule has 0 spiro atoms. The number of hydrogen-bond donors (Lipinski definition) is 0. The molecule has 2 heterocycles. The molecule has 4 heteroatoms. The smallest absolute Gasteiger partial charge is 0.165 e. The first-order chi connectivity index (χ1) is 9.74. The van der Waals surface area contributed by atoms with Gasteiger partial charge in [-0.15, -0.1) is 0 Å². The van der Waals surface area contributed by atoms with Crippen LogP contribution in [0.2, 0.25) is 0 Å². The number of aromatic nitrogens is 3. The molecule has 0 saturated heterocycles. The Morgan fingerprint density at radius 1 is 1.15 bits per heavy atom. The van der Waals surface area contributed by atoms with Crippen LogP contribution < -0.4 is 0 Å². The Morgan fingerprint density at radius 2 is 1.95 bits per heavy atom. The summed E-state index contributed by atoms with van der Waals surface area (Å²) in [4.78, 5) is 16.5. The number of carbonyl (C=O) groups is 1. The van der Waals surface area contributed by atoms with Gasteiger partial charge in [0.2, 0.25) is 0 Å². The molecule has 0 aliphatic heterocycles. The first kappa shape index (κ1) is 11.3. The van der Waals surface area contributed by atoms with Gasteiger partial charge < -0.3 is 0 Å². The minimum absolute atomic E-state index is 0.196. The van der Waals surface area contributed by atoms with E-state index in [0.29, 0.717) is 6.42 Å². The fourth-order valence-corrected chi connectivity index (χ4v) is 2.77. The number of Topliss-reactive ketones (excluding diaryl/α,β-unsaturated/α-hetero) is 1. The van der Waals surface area contributed by atoms with Crippen LogP contribution in [0, 0.1) is 6.92 Å². The van der Waals surface area contributed by atoms with Gasteiger partial charge in [-0.25, -0.2) is 9.67 Å². The number of hydrogen-bond acceptors (Lipinski definition) is 3. The Labute approximate surface area is 116 Å². The van der Waals surface area contributed by atoms with Crippen molar-refractivity contribution in [2.24, 2.45) is 0 Å². The monoisotopic (exact) mass is 263 g/mol. The van der Waals surface area contributed by atoms with E-state index in [-0.39, 0.29) is 5.78 Å². The molecule has 1 aromatic carbocycles. The second kappa shape index (κ2) is 4.00. The molecule has 1 aliphatic carbocycles. The molecule has 20 heavy (non-hydrogen) atoms. The van der Waals surface area contributed by atoms with Gasteiger partial charge in [0.05, 0.1) is 17.1 Å². The third-order valence-corrected chi connectivity index (χ3v) is 3.81. The van der Waals surface area contributed by atoms with E-state index in [0.717, 1.165) is 40.1 Å². The second-order valence-electron chi connectivity index (χ2n) is 5.11. The molecular weight excluding hydrogens is 250 g/mol. The van der Waals surface area contributed by atoms with Gasteiger partial charge >= 0.3 is 0 Å². The maximum absolute atomic E-state index is 11.8. The van der Waals surface area contributed by atoms with Crippen molar-refractivity contribution in [3.63, 3.8) is 0 Å². The highest BCUT2D eigenvalue weighted by molar-refractivity contribution is 6.02. The number of para-hydroxylation sites is 1. The Morgan fingerprint density at radius 3 is 2.75 bits per heavy atom. The number of carbonyl (C=O) groups excluding carboxylic acids is 1. The summed E-state index contributed by atoms with van der Waals surface area (Å²) >= 11 is 0. The molecule has 4 rings (SSSR count). The zero-order valence-corrected chi connectivity index (χ0v) is 11.1.